The van der Waals surface area contributed by atoms with Gasteiger partial charge in [-0.15, -0.1) is 0 Å². The van der Waals surface area contributed by atoms with Crippen molar-refractivity contribution in [3.05, 3.63) is 42.0 Å². The van der Waals surface area contributed by atoms with E-state index in [1.54, 1.807) is 12.1 Å². The maximum Gasteiger partial charge on any atom is 0.320 e. The third kappa shape index (κ3) is 3.38. The Labute approximate surface area is 123 Å². The Morgan fingerprint density at radius 1 is 1.14 bits per heavy atom. The number of aliphatic carboxylic acids is 1. The van der Waals surface area contributed by atoms with Gasteiger partial charge in [-0.25, -0.2) is 0 Å². The third-order valence-electron chi connectivity index (χ3n) is 3.38. The van der Waals surface area contributed by atoms with Crippen LogP contribution in [0.3, 0.4) is 0 Å². The van der Waals surface area contributed by atoms with Gasteiger partial charge in [-0.2, -0.15) is 0 Å². The standard InChI is InChI=1S/C16H18N2O3/c1-18(2)13-6-5-10-7-12(4-3-11(10)8-13)15(19)9-14(17)16(20)21/h3-8,14H,9,17H2,1-2H3,(H,20,21)/t14-/m0/s1. The summed E-state index contributed by atoms with van der Waals surface area (Å²) in [5.74, 6) is -1.43. The van der Waals surface area contributed by atoms with E-state index >= 15 is 0 Å². The summed E-state index contributed by atoms with van der Waals surface area (Å²) in [5, 5.41) is 10.7. The van der Waals surface area contributed by atoms with E-state index in [1.807, 2.05) is 43.3 Å². The number of carbonyl (C=O) groups is 2. The largest absolute Gasteiger partial charge is 0.480 e. The molecule has 0 saturated carbocycles. The summed E-state index contributed by atoms with van der Waals surface area (Å²) in [6, 6.07) is 10.1. The lowest BCUT2D eigenvalue weighted by Crippen LogP contribution is -2.32. The van der Waals surface area contributed by atoms with Crippen molar-refractivity contribution in [2.45, 2.75) is 12.5 Å². The van der Waals surface area contributed by atoms with Gasteiger partial charge in [0.2, 0.25) is 0 Å². The summed E-state index contributed by atoms with van der Waals surface area (Å²) in [6.07, 6.45) is -0.198. The molecule has 0 fully saturated rings. The molecule has 5 heteroatoms. The van der Waals surface area contributed by atoms with Crippen LogP contribution in [-0.2, 0) is 4.79 Å². The van der Waals surface area contributed by atoms with E-state index in [0.717, 1.165) is 16.5 Å². The average Bonchev–Trinajstić information content (AvgIpc) is 2.45. The quantitative estimate of drug-likeness (QED) is 0.820. The third-order valence-corrected chi connectivity index (χ3v) is 3.38. The van der Waals surface area contributed by atoms with E-state index in [2.05, 4.69) is 0 Å². The molecule has 2 rings (SSSR count). The molecular formula is C16H18N2O3. The monoisotopic (exact) mass is 286 g/mol. The van der Waals surface area contributed by atoms with Gasteiger partial charge in [0.1, 0.15) is 6.04 Å². The normalized spacial score (nSPS) is 12.1. The maximum absolute atomic E-state index is 12.0. The van der Waals surface area contributed by atoms with E-state index in [-0.39, 0.29) is 12.2 Å². The summed E-state index contributed by atoms with van der Waals surface area (Å²) >= 11 is 0. The highest BCUT2D eigenvalue weighted by Gasteiger charge is 2.17. The minimum Gasteiger partial charge on any atom is -0.480 e. The Morgan fingerprint density at radius 2 is 1.76 bits per heavy atom. The van der Waals surface area contributed by atoms with E-state index in [4.69, 9.17) is 10.8 Å². The van der Waals surface area contributed by atoms with Crippen molar-refractivity contribution in [2.75, 3.05) is 19.0 Å². The van der Waals surface area contributed by atoms with Crippen LogP contribution >= 0.6 is 0 Å². The number of rotatable bonds is 5. The molecule has 2 aromatic carbocycles. The van der Waals surface area contributed by atoms with Gasteiger partial charge in [-0.05, 0) is 29.0 Å². The highest BCUT2D eigenvalue weighted by Crippen LogP contribution is 2.22. The second kappa shape index (κ2) is 5.93. The molecule has 0 amide bonds. The van der Waals surface area contributed by atoms with Crippen LogP contribution in [0.2, 0.25) is 0 Å². The Kier molecular flexibility index (Phi) is 4.23. The summed E-state index contributed by atoms with van der Waals surface area (Å²) in [7, 11) is 3.93. The lowest BCUT2D eigenvalue weighted by Gasteiger charge is -2.13. The number of carbonyl (C=O) groups excluding carboxylic acids is 1. The van der Waals surface area contributed by atoms with E-state index in [9.17, 15) is 9.59 Å². The number of carboxylic acid groups (broad SMARTS) is 1. The smallest absolute Gasteiger partial charge is 0.320 e. The van der Waals surface area contributed by atoms with Gasteiger partial charge in [0.05, 0.1) is 0 Å². The number of hydrogen-bond donors (Lipinski definition) is 2. The molecule has 2 aromatic rings. The second-order valence-corrected chi connectivity index (χ2v) is 5.21. The van der Waals surface area contributed by atoms with Crippen LogP contribution in [0.5, 0.6) is 0 Å². The number of anilines is 1. The Balaban J connectivity index is 2.29. The number of Topliss-reactive ketones (excluding diaryl/α,β-unsaturated/α-hetero) is 1. The summed E-state index contributed by atoms with van der Waals surface area (Å²) < 4.78 is 0. The molecule has 0 aliphatic carbocycles. The van der Waals surface area contributed by atoms with Crippen molar-refractivity contribution in [3.8, 4) is 0 Å². The van der Waals surface area contributed by atoms with Crippen LogP contribution in [0, 0.1) is 0 Å². The molecule has 5 nitrogen and oxygen atoms in total. The topological polar surface area (TPSA) is 83.6 Å². The van der Waals surface area contributed by atoms with Crippen LogP contribution in [0.15, 0.2) is 36.4 Å². The summed E-state index contributed by atoms with van der Waals surface area (Å²) in [5.41, 5.74) is 6.96. The molecule has 0 aliphatic rings. The molecule has 0 saturated heterocycles. The van der Waals surface area contributed by atoms with Crippen molar-refractivity contribution >= 4 is 28.2 Å². The van der Waals surface area contributed by atoms with Crippen molar-refractivity contribution in [3.63, 3.8) is 0 Å². The van der Waals surface area contributed by atoms with Gasteiger partial charge in [0.25, 0.3) is 0 Å². The molecule has 0 radical (unpaired) electrons. The van der Waals surface area contributed by atoms with Crippen LogP contribution in [0.1, 0.15) is 16.8 Å². The number of benzene rings is 2. The van der Waals surface area contributed by atoms with Crippen LogP contribution in [0.25, 0.3) is 10.8 Å². The molecule has 1 atom stereocenters. The fraction of sp³-hybridized carbons (Fsp3) is 0.250. The molecule has 110 valence electrons. The molecule has 0 aromatic heterocycles. The van der Waals surface area contributed by atoms with Gasteiger partial charge in [0.15, 0.2) is 5.78 Å². The number of carboxylic acids is 1. The number of hydrogen-bond acceptors (Lipinski definition) is 4. The van der Waals surface area contributed by atoms with Gasteiger partial charge < -0.3 is 15.7 Å². The van der Waals surface area contributed by atoms with Gasteiger partial charge in [0, 0.05) is 31.8 Å². The van der Waals surface area contributed by atoms with Crippen LogP contribution < -0.4 is 10.6 Å². The zero-order valence-electron chi connectivity index (χ0n) is 12.0. The Morgan fingerprint density at radius 3 is 2.38 bits per heavy atom. The SMILES string of the molecule is CN(C)c1ccc2cc(C(=O)C[C@H](N)C(=O)O)ccc2c1. The van der Waals surface area contributed by atoms with Gasteiger partial charge in [-0.1, -0.05) is 18.2 Å². The van der Waals surface area contributed by atoms with E-state index in [0.29, 0.717) is 5.56 Å². The Hall–Kier alpha value is -2.40. The van der Waals surface area contributed by atoms with E-state index in [1.165, 1.54) is 0 Å². The molecule has 0 bridgehead atoms. The van der Waals surface area contributed by atoms with Gasteiger partial charge >= 0.3 is 5.97 Å². The van der Waals surface area contributed by atoms with Crippen molar-refractivity contribution in [2.24, 2.45) is 5.73 Å². The van der Waals surface area contributed by atoms with E-state index < -0.39 is 12.0 Å². The first kappa shape index (κ1) is 15.0. The minimum absolute atomic E-state index is 0.198. The lowest BCUT2D eigenvalue weighted by atomic mass is 10.00. The highest BCUT2D eigenvalue weighted by molar-refractivity contribution is 6.02. The predicted octanol–water partition coefficient (Wildman–Crippen LogP) is 1.89. The molecular weight excluding hydrogens is 268 g/mol. The fourth-order valence-corrected chi connectivity index (χ4v) is 2.09. The summed E-state index contributed by atoms with van der Waals surface area (Å²) in [4.78, 5) is 24.7. The molecule has 21 heavy (non-hydrogen) atoms. The van der Waals surface area contributed by atoms with Crippen LogP contribution in [0.4, 0.5) is 5.69 Å². The highest BCUT2D eigenvalue weighted by atomic mass is 16.4. The summed E-state index contributed by atoms with van der Waals surface area (Å²) in [6.45, 7) is 0. The number of nitrogens with two attached hydrogens (primary N) is 1. The lowest BCUT2D eigenvalue weighted by molar-refractivity contribution is -0.138. The molecule has 0 unspecified atom stereocenters. The first-order valence-electron chi connectivity index (χ1n) is 6.61. The first-order chi connectivity index (χ1) is 9.88. The Bertz CT molecular complexity index is 695. The zero-order chi connectivity index (χ0) is 15.6. The minimum atomic E-state index is -1.17. The van der Waals surface area contributed by atoms with Crippen molar-refractivity contribution < 1.29 is 14.7 Å². The second-order valence-electron chi connectivity index (χ2n) is 5.21. The maximum atomic E-state index is 12.0. The van der Waals surface area contributed by atoms with Crippen LogP contribution in [-0.4, -0.2) is 37.0 Å². The molecule has 0 heterocycles. The number of nitrogens with zero attached hydrogens (tertiary/aromatic N) is 1. The zero-order valence-corrected chi connectivity index (χ0v) is 12.0. The number of ketones is 1. The predicted molar refractivity (Wildman–Crippen MR) is 82.8 cm³/mol. The van der Waals surface area contributed by atoms with Crippen molar-refractivity contribution in [1.29, 1.82) is 0 Å². The average molecular weight is 286 g/mol. The van der Waals surface area contributed by atoms with Gasteiger partial charge in [-0.3, -0.25) is 9.59 Å². The molecule has 0 aliphatic heterocycles. The number of fused-ring (bicyclic) bond motifs is 1. The first-order valence-corrected chi connectivity index (χ1v) is 6.61. The molecule has 0 spiro atoms. The van der Waals surface area contributed by atoms with Crippen molar-refractivity contribution in [1.82, 2.24) is 0 Å². The fourth-order valence-electron chi connectivity index (χ4n) is 2.09. The molecule has 3 N–H and O–H groups in total.